The van der Waals surface area contributed by atoms with Crippen LogP contribution in [0.1, 0.15) is 36.5 Å². The number of H-pyrrole nitrogens is 1. The molecule has 0 spiro atoms. The van der Waals surface area contributed by atoms with Crippen LogP contribution in [-0.2, 0) is 17.6 Å². The molecule has 0 saturated carbocycles. The van der Waals surface area contributed by atoms with Gasteiger partial charge in [0.25, 0.3) is 0 Å². The maximum Gasteiger partial charge on any atom is 0.223 e. The molecule has 1 amide bonds. The van der Waals surface area contributed by atoms with Crippen molar-refractivity contribution < 1.29 is 4.79 Å². The standard InChI is InChI=1S/C15H24N4O/c1-10-16-13-4-3-11(9-14(13)17-10)15(20)18-12-5-7-19(2)8-6-12/h11-12H,3-9H2,1-2H3,(H,16,17)(H,18,20). The van der Waals surface area contributed by atoms with Crippen LogP contribution in [0.15, 0.2) is 0 Å². The Morgan fingerprint density at radius 3 is 2.85 bits per heavy atom. The van der Waals surface area contributed by atoms with E-state index in [9.17, 15) is 4.79 Å². The number of rotatable bonds is 2. The second-order valence-electron chi connectivity index (χ2n) is 6.27. The first kappa shape index (κ1) is 13.6. The van der Waals surface area contributed by atoms with Crippen LogP contribution in [0.4, 0.5) is 0 Å². The summed E-state index contributed by atoms with van der Waals surface area (Å²) < 4.78 is 0. The van der Waals surface area contributed by atoms with Crippen LogP contribution in [0.5, 0.6) is 0 Å². The molecule has 1 unspecified atom stereocenters. The van der Waals surface area contributed by atoms with Crippen molar-refractivity contribution in [3.8, 4) is 0 Å². The molecule has 5 nitrogen and oxygen atoms in total. The van der Waals surface area contributed by atoms with Crippen LogP contribution in [-0.4, -0.2) is 47.0 Å². The molecule has 0 aromatic carbocycles. The number of imidazole rings is 1. The van der Waals surface area contributed by atoms with Crippen molar-refractivity contribution >= 4 is 5.91 Å². The number of nitrogens with zero attached hydrogens (tertiary/aromatic N) is 2. The predicted molar refractivity (Wildman–Crippen MR) is 77.5 cm³/mol. The molecular formula is C15H24N4O. The minimum absolute atomic E-state index is 0.113. The highest BCUT2D eigenvalue weighted by Crippen LogP contribution is 2.24. The van der Waals surface area contributed by atoms with Crippen molar-refractivity contribution in [2.45, 2.75) is 45.1 Å². The summed E-state index contributed by atoms with van der Waals surface area (Å²) >= 11 is 0. The summed E-state index contributed by atoms with van der Waals surface area (Å²) in [5.74, 6) is 1.31. The Bertz CT molecular complexity index is 488. The summed E-state index contributed by atoms with van der Waals surface area (Å²) in [5, 5.41) is 3.25. The maximum absolute atomic E-state index is 12.4. The normalized spacial score (nSPS) is 24.4. The van der Waals surface area contributed by atoms with Gasteiger partial charge in [-0.2, -0.15) is 0 Å². The molecule has 2 heterocycles. The highest BCUT2D eigenvalue weighted by Gasteiger charge is 2.28. The summed E-state index contributed by atoms with van der Waals surface area (Å²) in [6, 6.07) is 0.364. The minimum Gasteiger partial charge on any atom is -0.353 e. The molecule has 20 heavy (non-hydrogen) atoms. The molecule has 1 aromatic rings. The highest BCUT2D eigenvalue weighted by molar-refractivity contribution is 5.79. The van der Waals surface area contributed by atoms with Gasteiger partial charge in [-0.1, -0.05) is 0 Å². The monoisotopic (exact) mass is 276 g/mol. The first-order chi connectivity index (χ1) is 9.61. The van der Waals surface area contributed by atoms with Gasteiger partial charge in [-0.25, -0.2) is 4.98 Å². The molecule has 1 fully saturated rings. The van der Waals surface area contributed by atoms with E-state index in [0.717, 1.165) is 62.4 Å². The number of likely N-dealkylation sites (tertiary alicyclic amines) is 1. The van der Waals surface area contributed by atoms with E-state index in [2.05, 4.69) is 27.2 Å². The van der Waals surface area contributed by atoms with Gasteiger partial charge in [0.1, 0.15) is 5.82 Å². The van der Waals surface area contributed by atoms with Crippen LogP contribution in [0.2, 0.25) is 0 Å². The number of aryl methyl sites for hydroxylation is 2. The van der Waals surface area contributed by atoms with E-state index >= 15 is 0 Å². The number of hydrogen-bond donors (Lipinski definition) is 2. The number of piperidine rings is 1. The van der Waals surface area contributed by atoms with Crippen molar-refractivity contribution in [3.63, 3.8) is 0 Å². The number of fused-ring (bicyclic) bond motifs is 1. The van der Waals surface area contributed by atoms with Crippen LogP contribution in [0.25, 0.3) is 0 Å². The van der Waals surface area contributed by atoms with Crippen molar-refractivity contribution in [3.05, 3.63) is 17.2 Å². The smallest absolute Gasteiger partial charge is 0.223 e. The van der Waals surface area contributed by atoms with Crippen LogP contribution in [0.3, 0.4) is 0 Å². The van der Waals surface area contributed by atoms with Crippen LogP contribution >= 0.6 is 0 Å². The first-order valence-electron chi connectivity index (χ1n) is 7.65. The van der Waals surface area contributed by atoms with Crippen LogP contribution in [0, 0.1) is 12.8 Å². The Morgan fingerprint density at radius 2 is 2.10 bits per heavy atom. The van der Waals surface area contributed by atoms with Gasteiger partial charge < -0.3 is 15.2 Å². The molecular weight excluding hydrogens is 252 g/mol. The van der Waals surface area contributed by atoms with Crippen molar-refractivity contribution in [2.24, 2.45) is 5.92 Å². The molecule has 2 aliphatic rings. The SMILES string of the molecule is Cc1nc2c([nH]1)CC(C(=O)NC1CCN(C)CC1)CC2. The number of aromatic nitrogens is 2. The Labute approximate surface area is 120 Å². The Kier molecular flexibility index (Phi) is 3.78. The second kappa shape index (κ2) is 5.56. The summed E-state index contributed by atoms with van der Waals surface area (Å²) in [7, 11) is 2.14. The van der Waals surface area contributed by atoms with E-state index in [1.807, 2.05) is 6.92 Å². The summed E-state index contributed by atoms with van der Waals surface area (Å²) in [6.45, 7) is 4.14. The number of carbonyl (C=O) groups excluding carboxylic acids is 1. The van der Waals surface area contributed by atoms with Gasteiger partial charge in [0, 0.05) is 24.1 Å². The van der Waals surface area contributed by atoms with E-state index in [1.165, 1.54) is 0 Å². The molecule has 2 N–H and O–H groups in total. The molecule has 110 valence electrons. The average Bonchev–Trinajstić information content (AvgIpc) is 2.80. The Morgan fingerprint density at radius 1 is 1.35 bits per heavy atom. The first-order valence-corrected chi connectivity index (χ1v) is 7.65. The minimum atomic E-state index is 0.113. The molecule has 1 saturated heterocycles. The fourth-order valence-electron chi connectivity index (χ4n) is 3.32. The largest absolute Gasteiger partial charge is 0.353 e. The maximum atomic E-state index is 12.4. The molecule has 3 rings (SSSR count). The molecule has 0 bridgehead atoms. The second-order valence-corrected chi connectivity index (χ2v) is 6.27. The van der Waals surface area contributed by atoms with Crippen LogP contribution < -0.4 is 5.32 Å². The van der Waals surface area contributed by atoms with Crippen molar-refractivity contribution in [1.82, 2.24) is 20.2 Å². The summed E-state index contributed by atoms with van der Waals surface area (Å²) in [6.07, 6.45) is 4.81. The number of nitrogens with one attached hydrogen (secondary N) is 2. The molecule has 1 aliphatic heterocycles. The zero-order valence-electron chi connectivity index (χ0n) is 12.4. The fraction of sp³-hybridized carbons (Fsp3) is 0.733. The molecule has 1 aromatic heterocycles. The fourth-order valence-corrected chi connectivity index (χ4v) is 3.32. The highest BCUT2D eigenvalue weighted by atomic mass is 16.1. The summed E-state index contributed by atoms with van der Waals surface area (Å²) in [4.78, 5) is 22.5. The number of hydrogen-bond acceptors (Lipinski definition) is 3. The van der Waals surface area contributed by atoms with E-state index in [1.54, 1.807) is 0 Å². The van der Waals surface area contributed by atoms with E-state index < -0.39 is 0 Å². The molecule has 5 heteroatoms. The van der Waals surface area contributed by atoms with Gasteiger partial charge in [-0.3, -0.25) is 4.79 Å². The zero-order valence-corrected chi connectivity index (χ0v) is 12.4. The third-order valence-corrected chi connectivity index (χ3v) is 4.60. The molecule has 0 radical (unpaired) electrons. The lowest BCUT2D eigenvalue weighted by atomic mass is 9.88. The van der Waals surface area contributed by atoms with Gasteiger partial charge in [0.2, 0.25) is 5.91 Å². The molecule has 1 atom stereocenters. The third kappa shape index (κ3) is 2.87. The van der Waals surface area contributed by atoms with Gasteiger partial charge in [-0.05, 0) is 52.7 Å². The quantitative estimate of drug-likeness (QED) is 0.848. The van der Waals surface area contributed by atoms with E-state index in [0.29, 0.717) is 6.04 Å². The Balaban J connectivity index is 1.56. The number of aromatic amines is 1. The van der Waals surface area contributed by atoms with Crippen molar-refractivity contribution in [1.29, 1.82) is 0 Å². The predicted octanol–water partition coefficient (Wildman–Crippen LogP) is 1.03. The van der Waals surface area contributed by atoms with E-state index in [-0.39, 0.29) is 11.8 Å². The van der Waals surface area contributed by atoms with Gasteiger partial charge >= 0.3 is 0 Å². The molecule has 1 aliphatic carbocycles. The third-order valence-electron chi connectivity index (χ3n) is 4.60. The lowest BCUT2D eigenvalue weighted by Crippen LogP contribution is -2.46. The number of carbonyl (C=O) groups is 1. The number of amides is 1. The lowest BCUT2D eigenvalue weighted by Gasteiger charge is -2.31. The van der Waals surface area contributed by atoms with Gasteiger partial charge in [-0.15, -0.1) is 0 Å². The Hall–Kier alpha value is -1.36. The van der Waals surface area contributed by atoms with E-state index in [4.69, 9.17) is 0 Å². The van der Waals surface area contributed by atoms with Gasteiger partial charge in [0.05, 0.1) is 5.69 Å². The summed E-state index contributed by atoms with van der Waals surface area (Å²) in [5.41, 5.74) is 2.32. The average molecular weight is 276 g/mol. The lowest BCUT2D eigenvalue weighted by molar-refractivity contribution is -0.126. The van der Waals surface area contributed by atoms with Gasteiger partial charge in [0.15, 0.2) is 0 Å². The topological polar surface area (TPSA) is 61.0 Å². The zero-order chi connectivity index (χ0) is 14.1. The van der Waals surface area contributed by atoms with Crippen molar-refractivity contribution in [2.75, 3.05) is 20.1 Å².